The largest absolute Gasteiger partial charge is 0.296 e. The first-order valence-electron chi connectivity index (χ1n) is 15.7. The van der Waals surface area contributed by atoms with E-state index in [9.17, 15) is 9.59 Å². The fourth-order valence-corrected chi connectivity index (χ4v) is 6.09. The predicted molar refractivity (Wildman–Crippen MR) is 171 cm³/mol. The van der Waals surface area contributed by atoms with Crippen molar-refractivity contribution in [2.75, 3.05) is 10.6 Å². The number of nitrogens with zero attached hydrogens (tertiary/aromatic N) is 6. The predicted octanol–water partition coefficient (Wildman–Crippen LogP) is 6.99. The van der Waals surface area contributed by atoms with E-state index < -0.39 is 5.82 Å². The van der Waals surface area contributed by atoms with Crippen molar-refractivity contribution in [1.82, 2.24) is 29.1 Å². The van der Waals surface area contributed by atoms with E-state index in [-0.39, 0.29) is 35.7 Å². The summed E-state index contributed by atoms with van der Waals surface area (Å²) < 4.78 is 19.3. The van der Waals surface area contributed by atoms with Gasteiger partial charge in [0.1, 0.15) is 16.9 Å². The van der Waals surface area contributed by atoms with E-state index in [1.165, 1.54) is 6.07 Å². The first-order chi connectivity index (χ1) is 21.6. The van der Waals surface area contributed by atoms with Gasteiger partial charge in [-0.2, -0.15) is 0 Å². The summed E-state index contributed by atoms with van der Waals surface area (Å²) in [5, 5.41) is 5.98. The highest BCUT2D eigenvalue weighted by Gasteiger charge is 2.28. The van der Waals surface area contributed by atoms with Crippen LogP contribution in [0.4, 0.5) is 16.3 Å². The van der Waals surface area contributed by atoms with E-state index in [1.54, 1.807) is 24.4 Å². The summed E-state index contributed by atoms with van der Waals surface area (Å²) >= 11 is 0. The molecule has 0 aliphatic heterocycles. The molecule has 2 aliphatic rings. The number of fused-ring (bicyclic) bond motifs is 2. The number of nitrogens with one attached hydrogen (secondary N) is 2. The lowest BCUT2D eigenvalue weighted by molar-refractivity contribution is -0.118. The second-order valence-electron chi connectivity index (χ2n) is 13.5. The molecule has 2 amide bonds. The molecule has 0 saturated heterocycles. The molecule has 2 fully saturated rings. The monoisotopic (exact) mass is 608 g/mol. The van der Waals surface area contributed by atoms with Crippen molar-refractivity contribution in [3.05, 3.63) is 60.0 Å². The normalized spacial score (nSPS) is 15.6. The second kappa shape index (κ2) is 11.4. The van der Waals surface area contributed by atoms with Crippen LogP contribution in [0.2, 0.25) is 0 Å². The molecule has 0 bridgehead atoms. The fraction of sp³-hybridized carbons (Fsp3) is 0.412. The van der Waals surface area contributed by atoms with Crippen molar-refractivity contribution in [1.29, 1.82) is 0 Å². The van der Waals surface area contributed by atoms with Gasteiger partial charge in [-0.15, -0.1) is 0 Å². The molecular formula is C34H37FN8O2. The molecule has 0 unspecified atom stereocenters. The number of rotatable bonds is 8. The number of imidazole rings is 2. The highest BCUT2D eigenvalue weighted by molar-refractivity contribution is 5.93. The second-order valence-corrected chi connectivity index (χ2v) is 13.5. The Bertz CT molecular complexity index is 1930. The zero-order valence-electron chi connectivity index (χ0n) is 25.8. The zero-order valence-corrected chi connectivity index (χ0v) is 25.8. The molecule has 4 aromatic heterocycles. The Balaban J connectivity index is 1.16. The van der Waals surface area contributed by atoms with Crippen molar-refractivity contribution in [3.63, 3.8) is 0 Å². The van der Waals surface area contributed by atoms with Gasteiger partial charge in [-0.3, -0.25) is 29.4 Å². The van der Waals surface area contributed by atoms with Gasteiger partial charge in [0.25, 0.3) is 0 Å². The molecule has 7 rings (SSSR count). The van der Waals surface area contributed by atoms with E-state index in [2.05, 4.69) is 20.6 Å². The van der Waals surface area contributed by atoms with Crippen molar-refractivity contribution >= 4 is 46.0 Å². The van der Waals surface area contributed by atoms with Gasteiger partial charge in [0, 0.05) is 30.3 Å². The SMILES string of the molecule is CC(C)(C)CC(=O)Nc1nc2ccc(-c3cc(CC(=O)Nc4nc5cccnc5n4C4CCC4)ccc3F)nc2n1C1CCC1. The van der Waals surface area contributed by atoms with Gasteiger partial charge in [0.2, 0.25) is 23.7 Å². The minimum absolute atomic E-state index is 0.0424. The van der Waals surface area contributed by atoms with Gasteiger partial charge in [-0.1, -0.05) is 26.8 Å². The maximum absolute atomic E-state index is 15.3. The third-order valence-corrected chi connectivity index (χ3v) is 8.73. The average Bonchev–Trinajstić information content (AvgIpc) is 3.44. The van der Waals surface area contributed by atoms with Crippen LogP contribution in [0, 0.1) is 11.2 Å². The lowest BCUT2D eigenvalue weighted by atomic mass is 9.92. The number of amides is 2. The summed E-state index contributed by atoms with van der Waals surface area (Å²) in [7, 11) is 0. The van der Waals surface area contributed by atoms with E-state index >= 15 is 4.39 Å². The lowest BCUT2D eigenvalue weighted by Gasteiger charge is -2.28. The summed E-state index contributed by atoms with van der Waals surface area (Å²) in [5.74, 6) is 0.183. The highest BCUT2D eigenvalue weighted by Crippen LogP contribution is 2.38. The quantitative estimate of drug-likeness (QED) is 0.196. The van der Waals surface area contributed by atoms with Gasteiger partial charge in [0.05, 0.1) is 12.1 Å². The van der Waals surface area contributed by atoms with Crippen molar-refractivity contribution in [2.24, 2.45) is 5.41 Å². The van der Waals surface area contributed by atoms with Crippen LogP contribution in [0.15, 0.2) is 48.7 Å². The summed E-state index contributed by atoms with van der Waals surface area (Å²) in [4.78, 5) is 44.7. The van der Waals surface area contributed by atoms with Gasteiger partial charge < -0.3 is 0 Å². The number of benzene rings is 1. The Hall–Kier alpha value is -4.67. The minimum atomic E-state index is -0.433. The van der Waals surface area contributed by atoms with Gasteiger partial charge in [0.15, 0.2) is 11.3 Å². The van der Waals surface area contributed by atoms with Crippen LogP contribution < -0.4 is 10.6 Å². The zero-order chi connectivity index (χ0) is 31.3. The van der Waals surface area contributed by atoms with Gasteiger partial charge in [-0.25, -0.2) is 24.3 Å². The maximum Gasteiger partial charge on any atom is 0.231 e. The Morgan fingerprint density at radius 3 is 2.13 bits per heavy atom. The van der Waals surface area contributed by atoms with Crippen molar-refractivity contribution in [3.8, 4) is 11.3 Å². The molecule has 0 radical (unpaired) electrons. The minimum Gasteiger partial charge on any atom is -0.296 e. The fourth-order valence-electron chi connectivity index (χ4n) is 6.09. The maximum atomic E-state index is 15.3. The van der Waals surface area contributed by atoms with Gasteiger partial charge in [-0.05, 0) is 85.9 Å². The third kappa shape index (κ3) is 5.79. The number of aromatic nitrogens is 6. The molecule has 2 aliphatic carbocycles. The third-order valence-electron chi connectivity index (χ3n) is 8.73. The number of halogens is 1. The molecule has 0 atom stereocenters. The molecule has 1 aromatic carbocycles. The number of hydrogen-bond donors (Lipinski definition) is 2. The molecule has 5 aromatic rings. The molecule has 2 N–H and O–H groups in total. The van der Waals surface area contributed by atoms with E-state index in [1.807, 2.05) is 48.1 Å². The summed E-state index contributed by atoms with van der Waals surface area (Å²) in [5.41, 5.74) is 3.97. The lowest BCUT2D eigenvalue weighted by Crippen LogP contribution is -2.24. The molecule has 45 heavy (non-hydrogen) atoms. The van der Waals surface area contributed by atoms with Crippen LogP contribution >= 0.6 is 0 Å². The van der Waals surface area contributed by atoms with Crippen molar-refractivity contribution in [2.45, 2.75) is 84.2 Å². The number of carbonyl (C=O) groups excluding carboxylic acids is 2. The smallest absolute Gasteiger partial charge is 0.231 e. The average molecular weight is 609 g/mol. The number of hydrogen-bond acceptors (Lipinski definition) is 6. The summed E-state index contributed by atoms with van der Waals surface area (Å²) in [6.07, 6.45) is 8.33. The van der Waals surface area contributed by atoms with Crippen molar-refractivity contribution < 1.29 is 14.0 Å². The van der Waals surface area contributed by atoms with Crippen LogP contribution in [0.1, 0.15) is 83.4 Å². The Kier molecular flexibility index (Phi) is 7.33. The highest BCUT2D eigenvalue weighted by atomic mass is 19.1. The molecule has 4 heterocycles. The van der Waals surface area contributed by atoms with E-state index in [0.717, 1.165) is 49.7 Å². The Labute approximate surface area is 260 Å². The van der Waals surface area contributed by atoms with Crippen LogP contribution in [-0.2, 0) is 16.0 Å². The molecule has 2 saturated carbocycles. The van der Waals surface area contributed by atoms with Crippen LogP contribution in [0.5, 0.6) is 0 Å². The van der Waals surface area contributed by atoms with Gasteiger partial charge >= 0.3 is 0 Å². The molecule has 0 spiro atoms. The van der Waals surface area contributed by atoms with E-state index in [0.29, 0.717) is 46.3 Å². The molecular weight excluding hydrogens is 571 g/mol. The summed E-state index contributed by atoms with van der Waals surface area (Å²) in [6.45, 7) is 6.06. The number of anilines is 2. The standard InChI is InChI=1S/C34H37FN8O2/c1-34(2,3)19-29(45)41-33-39-27-15-14-25(37-31(27)43(33)22-9-5-10-22)23-17-20(12-13-24(23)35)18-28(44)40-32-38-26-11-6-16-36-30(26)42(32)21-7-4-8-21/h6,11-17,21-22H,4-5,7-10,18-19H2,1-3H3,(H,38,40,44)(H,39,41,45). The summed E-state index contributed by atoms with van der Waals surface area (Å²) in [6, 6.07) is 12.4. The first-order valence-corrected chi connectivity index (χ1v) is 15.7. The van der Waals surface area contributed by atoms with Crippen LogP contribution in [-0.4, -0.2) is 40.9 Å². The van der Waals surface area contributed by atoms with Crippen LogP contribution in [0.25, 0.3) is 33.6 Å². The Morgan fingerprint density at radius 1 is 0.844 bits per heavy atom. The molecule has 232 valence electrons. The number of pyridine rings is 2. The van der Waals surface area contributed by atoms with E-state index in [4.69, 9.17) is 9.97 Å². The van der Waals surface area contributed by atoms with Crippen LogP contribution in [0.3, 0.4) is 0 Å². The Morgan fingerprint density at radius 2 is 1.49 bits per heavy atom. The number of carbonyl (C=O) groups is 2. The topological polar surface area (TPSA) is 120 Å². The molecule has 10 nitrogen and oxygen atoms in total. The molecule has 11 heteroatoms. The first kappa shape index (κ1) is 29.1.